The van der Waals surface area contributed by atoms with Crippen molar-refractivity contribution in [2.75, 3.05) is 0 Å². The van der Waals surface area contributed by atoms with Gasteiger partial charge in [-0.15, -0.1) is 0 Å². The molecular formula is C15H14O4. The minimum Gasteiger partial charge on any atom is -0.481 e. The Bertz CT molecular complexity index is 666. The molecule has 19 heavy (non-hydrogen) atoms. The second-order valence-electron chi connectivity index (χ2n) is 4.89. The first-order chi connectivity index (χ1) is 9.15. The third-order valence-corrected chi connectivity index (χ3v) is 3.59. The van der Waals surface area contributed by atoms with Gasteiger partial charge in [-0.3, -0.25) is 9.59 Å². The van der Waals surface area contributed by atoms with Gasteiger partial charge in [-0.1, -0.05) is 12.1 Å². The lowest BCUT2D eigenvalue weighted by molar-refractivity contribution is -0.136. The average molecular weight is 258 g/mol. The van der Waals surface area contributed by atoms with Crippen LogP contribution in [0.4, 0.5) is 0 Å². The van der Waals surface area contributed by atoms with E-state index < -0.39 is 5.97 Å². The number of Topliss-reactive ketones (excluding diaryl/α,β-unsaturated/α-hetero) is 1. The molecule has 1 aromatic carbocycles. The van der Waals surface area contributed by atoms with Crippen molar-refractivity contribution in [3.63, 3.8) is 0 Å². The summed E-state index contributed by atoms with van der Waals surface area (Å²) in [7, 11) is 0. The van der Waals surface area contributed by atoms with E-state index in [-0.39, 0.29) is 18.6 Å². The highest BCUT2D eigenvalue weighted by Crippen LogP contribution is 2.33. The summed E-state index contributed by atoms with van der Waals surface area (Å²) in [5, 5.41) is 9.67. The van der Waals surface area contributed by atoms with Crippen LogP contribution in [0.1, 0.15) is 40.9 Å². The van der Waals surface area contributed by atoms with Gasteiger partial charge >= 0.3 is 5.97 Å². The number of furan rings is 1. The molecule has 2 aromatic rings. The van der Waals surface area contributed by atoms with Gasteiger partial charge in [0.1, 0.15) is 11.3 Å². The number of benzene rings is 1. The van der Waals surface area contributed by atoms with Crippen molar-refractivity contribution >= 4 is 22.7 Å². The number of aryl methyl sites for hydroxylation is 2. The van der Waals surface area contributed by atoms with Crippen molar-refractivity contribution in [1.82, 2.24) is 0 Å². The first kappa shape index (κ1) is 12.0. The lowest BCUT2D eigenvalue weighted by Gasteiger charge is -2.00. The molecule has 0 unspecified atom stereocenters. The van der Waals surface area contributed by atoms with Gasteiger partial charge in [0.05, 0.1) is 6.42 Å². The van der Waals surface area contributed by atoms with Gasteiger partial charge in [0, 0.05) is 29.4 Å². The van der Waals surface area contributed by atoms with E-state index in [9.17, 15) is 9.59 Å². The summed E-state index contributed by atoms with van der Waals surface area (Å²) in [6.07, 6.45) is 3.02. The minimum absolute atomic E-state index is 0.0290. The standard InChI is InChI=1S/C15H14O4/c16-12(6-7-15(17)18)9-4-5-11-10-2-1-3-13(10)19-14(11)8-9/h4-5,8H,1-3,6-7H2,(H,17,18). The Morgan fingerprint density at radius 1 is 1.21 bits per heavy atom. The summed E-state index contributed by atoms with van der Waals surface area (Å²) >= 11 is 0. The molecule has 98 valence electrons. The number of ketones is 1. The molecular weight excluding hydrogens is 244 g/mol. The molecule has 0 atom stereocenters. The maximum absolute atomic E-state index is 11.9. The van der Waals surface area contributed by atoms with Gasteiger partial charge in [-0.25, -0.2) is 0 Å². The SMILES string of the molecule is O=C(O)CCC(=O)c1ccc2c3c(oc2c1)CCC3. The van der Waals surface area contributed by atoms with Crippen LogP contribution in [0.2, 0.25) is 0 Å². The molecule has 1 aliphatic carbocycles. The molecule has 0 amide bonds. The van der Waals surface area contributed by atoms with E-state index in [1.807, 2.05) is 6.07 Å². The van der Waals surface area contributed by atoms with Crippen LogP contribution in [0.25, 0.3) is 11.0 Å². The molecule has 1 heterocycles. The zero-order valence-corrected chi connectivity index (χ0v) is 10.4. The quantitative estimate of drug-likeness (QED) is 0.856. The molecule has 0 radical (unpaired) electrons. The van der Waals surface area contributed by atoms with E-state index in [4.69, 9.17) is 9.52 Å². The van der Waals surface area contributed by atoms with Gasteiger partial charge < -0.3 is 9.52 Å². The maximum atomic E-state index is 11.9. The van der Waals surface area contributed by atoms with Crippen molar-refractivity contribution in [2.24, 2.45) is 0 Å². The lowest BCUT2D eigenvalue weighted by Crippen LogP contribution is -2.03. The minimum atomic E-state index is -0.952. The van der Waals surface area contributed by atoms with Gasteiger partial charge in [0.15, 0.2) is 5.78 Å². The number of fused-ring (bicyclic) bond motifs is 3. The van der Waals surface area contributed by atoms with Crippen LogP contribution in [0.5, 0.6) is 0 Å². The van der Waals surface area contributed by atoms with E-state index in [2.05, 4.69) is 0 Å². The first-order valence-corrected chi connectivity index (χ1v) is 6.44. The molecule has 0 saturated carbocycles. The third-order valence-electron chi connectivity index (χ3n) is 3.59. The fraction of sp³-hybridized carbons (Fsp3) is 0.333. The highest BCUT2D eigenvalue weighted by Gasteiger charge is 2.20. The highest BCUT2D eigenvalue weighted by molar-refractivity contribution is 6.00. The Labute approximate surface area is 110 Å². The smallest absolute Gasteiger partial charge is 0.303 e. The lowest BCUT2D eigenvalue weighted by atomic mass is 10.0. The Hall–Kier alpha value is -2.10. The van der Waals surface area contributed by atoms with Crippen molar-refractivity contribution < 1.29 is 19.1 Å². The van der Waals surface area contributed by atoms with Crippen molar-refractivity contribution in [3.05, 3.63) is 35.1 Å². The molecule has 0 aliphatic heterocycles. The fourth-order valence-electron chi connectivity index (χ4n) is 2.64. The monoisotopic (exact) mass is 258 g/mol. The third kappa shape index (κ3) is 2.14. The van der Waals surface area contributed by atoms with Gasteiger partial charge in [-0.05, 0) is 18.9 Å². The molecule has 1 aromatic heterocycles. The topological polar surface area (TPSA) is 67.5 Å². The Kier molecular flexibility index (Phi) is 2.85. The van der Waals surface area contributed by atoms with E-state index in [1.54, 1.807) is 12.1 Å². The summed E-state index contributed by atoms with van der Waals surface area (Å²) in [6.45, 7) is 0. The predicted octanol–water partition coefficient (Wildman–Crippen LogP) is 2.97. The molecule has 0 saturated heterocycles. The second-order valence-corrected chi connectivity index (χ2v) is 4.89. The summed E-state index contributed by atoms with van der Waals surface area (Å²) in [6, 6.07) is 5.41. The number of aliphatic carboxylic acids is 1. The summed E-state index contributed by atoms with van der Waals surface area (Å²) in [5.74, 6) is -0.0719. The van der Waals surface area contributed by atoms with Crippen LogP contribution < -0.4 is 0 Å². The summed E-state index contributed by atoms with van der Waals surface area (Å²) in [4.78, 5) is 22.3. The van der Waals surface area contributed by atoms with Crippen LogP contribution in [0, 0.1) is 0 Å². The van der Waals surface area contributed by atoms with Gasteiger partial charge in [-0.2, -0.15) is 0 Å². The molecule has 1 aliphatic rings. The van der Waals surface area contributed by atoms with Crippen molar-refractivity contribution in [3.8, 4) is 0 Å². The molecule has 4 heteroatoms. The van der Waals surface area contributed by atoms with Gasteiger partial charge in [0.25, 0.3) is 0 Å². The number of hydrogen-bond donors (Lipinski definition) is 1. The molecule has 0 spiro atoms. The fourth-order valence-corrected chi connectivity index (χ4v) is 2.64. The summed E-state index contributed by atoms with van der Waals surface area (Å²) in [5.41, 5.74) is 2.53. The van der Waals surface area contributed by atoms with E-state index in [0.717, 1.165) is 36.0 Å². The van der Waals surface area contributed by atoms with Crippen LogP contribution in [0.3, 0.4) is 0 Å². The van der Waals surface area contributed by atoms with E-state index in [1.165, 1.54) is 5.56 Å². The first-order valence-electron chi connectivity index (χ1n) is 6.44. The van der Waals surface area contributed by atoms with Gasteiger partial charge in [0.2, 0.25) is 0 Å². The predicted molar refractivity (Wildman–Crippen MR) is 69.4 cm³/mol. The Morgan fingerprint density at radius 2 is 2.05 bits per heavy atom. The second kappa shape index (κ2) is 4.53. The highest BCUT2D eigenvalue weighted by atomic mass is 16.4. The molecule has 1 N–H and O–H groups in total. The maximum Gasteiger partial charge on any atom is 0.303 e. The Balaban J connectivity index is 1.90. The number of rotatable bonds is 4. The normalized spacial score (nSPS) is 13.7. The largest absolute Gasteiger partial charge is 0.481 e. The van der Waals surface area contributed by atoms with Crippen LogP contribution in [0.15, 0.2) is 22.6 Å². The van der Waals surface area contributed by atoms with Crippen LogP contribution in [-0.4, -0.2) is 16.9 Å². The number of carbonyl (C=O) groups is 2. The molecule has 0 bridgehead atoms. The number of carboxylic acids is 1. The molecule has 0 fully saturated rings. The van der Waals surface area contributed by atoms with E-state index >= 15 is 0 Å². The number of carbonyl (C=O) groups excluding carboxylic acids is 1. The summed E-state index contributed by atoms with van der Waals surface area (Å²) < 4.78 is 5.76. The zero-order chi connectivity index (χ0) is 13.4. The zero-order valence-electron chi connectivity index (χ0n) is 10.4. The number of hydrogen-bond acceptors (Lipinski definition) is 3. The van der Waals surface area contributed by atoms with Crippen molar-refractivity contribution in [1.29, 1.82) is 0 Å². The Morgan fingerprint density at radius 3 is 2.84 bits per heavy atom. The average Bonchev–Trinajstić information content (AvgIpc) is 2.95. The van der Waals surface area contributed by atoms with Crippen LogP contribution in [-0.2, 0) is 17.6 Å². The van der Waals surface area contributed by atoms with Crippen molar-refractivity contribution in [2.45, 2.75) is 32.1 Å². The van der Waals surface area contributed by atoms with E-state index in [0.29, 0.717) is 5.56 Å². The van der Waals surface area contributed by atoms with Crippen LogP contribution >= 0.6 is 0 Å². The molecule has 3 rings (SSSR count). The molecule has 4 nitrogen and oxygen atoms in total. The number of carboxylic acid groups (broad SMARTS) is 1.